The summed E-state index contributed by atoms with van der Waals surface area (Å²) in [7, 11) is 1.60. The summed E-state index contributed by atoms with van der Waals surface area (Å²) < 4.78 is 6.23. The van der Waals surface area contributed by atoms with E-state index in [2.05, 4.69) is 15.9 Å². The lowest BCUT2D eigenvalue weighted by molar-refractivity contribution is -0.132. The van der Waals surface area contributed by atoms with Gasteiger partial charge in [0.15, 0.2) is 0 Å². The molecule has 0 radical (unpaired) electrons. The molecule has 0 spiro atoms. The molecule has 1 aliphatic heterocycles. The lowest BCUT2D eigenvalue weighted by Crippen LogP contribution is -2.29. The molecule has 1 fully saturated rings. The normalized spacial score (nSPS) is 17.6. The van der Waals surface area contributed by atoms with Gasteiger partial charge >= 0.3 is 0 Å². The zero-order valence-electron chi connectivity index (χ0n) is 18.6. The van der Waals surface area contributed by atoms with Crippen molar-refractivity contribution in [1.82, 2.24) is 0 Å². The number of ketones is 1. The first-order chi connectivity index (χ1) is 15.8. The van der Waals surface area contributed by atoms with Crippen LogP contribution in [0, 0.1) is 0 Å². The molecule has 5 nitrogen and oxygen atoms in total. The molecule has 0 aromatic heterocycles. The topological polar surface area (TPSA) is 66.8 Å². The van der Waals surface area contributed by atoms with Gasteiger partial charge < -0.3 is 9.84 Å². The number of carbonyl (C=O) groups is 2. The van der Waals surface area contributed by atoms with Crippen LogP contribution in [0.15, 0.2) is 82.8 Å². The average Bonchev–Trinajstić information content (AvgIpc) is 3.09. The smallest absolute Gasteiger partial charge is 0.300 e. The Morgan fingerprint density at radius 3 is 2.36 bits per heavy atom. The molecule has 168 valence electrons. The number of amides is 1. The van der Waals surface area contributed by atoms with Gasteiger partial charge in [-0.25, -0.2) is 0 Å². The van der Waals surface area contributed by atoms with Crippen LogP contribution in [0.25, 0.3) is 5.76 Å². The Balaban J connectivity index is 1.94. The number of ether oxygens (including phenoxy) is 1. The first-order valence-corrected chi connectivity index (χ1v) is 11.4. The number of benzene rings is 3. The second-order valence-electron chi connectivity index (χ2n) is 8.17. The summed E-state index contributed by atoms with van der Waals surface area (Å²) in [6.07, 6.45) is 0. The highest BCUT2D eigenvalue weighted by Crippen LogP contribution is 2.43. The lowest BCUT2D eigenvalue weighted by Gasteiger charge is -2.25. The summed E-state index contributed by atoms with van der Waals surface area (Å²) in [6.45, 7) is 4.05. The van der Waals surface area contributed by atoms with E-state index in [0.717, 1.165) is 15.6 Å². The Morgan fingerprint density at radius 2 is 1.73 bits per heavy atom. The molecule has 33 heavy (non-hydrogen) atoms. The van der Waals surface area contributed by atoms with Crippen LogP contribution in [0.1, 0.15) is 42.5 Å². The number of aliphatic hydroxyl groups excluding tert-OH is 1. The number of aliphatic hydroxyl groups is 1. The summed E-state index contributed by atoms with van der Waals surface area (Å²) in [4.78, 5) is 27.9. The summed E-state index contributed by atoms with van der Waals surface area (Å²) in [5, 5.41) is 11.4. The van der Waals surface area contributed by atoms with Gasteiger partial charge in [-0.2, -0.15) is 0 Å². The van der Waals surface area contributed by atoms with Crippen molar-refractivity contribution in [3.63, 3.8) is 0 Å². The van der Waals surface area contributed by atoms with Crippen molar-refractivity contribution in [2.45, 2.75) is 25.8 Å². The van der Waals surface area contributed by atoms with Gasteiger partial charge in [-0.3, -0.25) is 14.5 Å². The number of hydrogen-bond acceptors (Lipinski definition) is 4. The van der Waals surface area contributed by atoms with Crippen LogP contribution in [0.2, 0.25) is 0 Å². The third-order valence-electron chi connectivity index (χ3n) is 5.77. The van der Waals surface area contributed by atoms with Crippen LogP contribution in [-0.4, -0.2) is 23.9 Å². The molecule has 4 rings (SSSR count). The number of hydrogen-bond donors (Lipinski definition) is 1. The van der Waals surface area contributed by atoms with Gasteiger partial charge in [0.2, 0.25) is 0 Å². The maximum atomic E-state index is 13.3. The van der Waals surface area contributed by atoms with Gasteiger partial charge in [0.05, 0.1) is 18.7 Å². The highest BCUT2D eigenvalue weighted by Gasteiger charge is 2.47. The summed E-state index contributed by atoms with van der Waals surface area (Å²) in [5.41, 5.74) is 2.73. The Hall–Kier alpha value is -3.38. The van der Waals surface area contributed by atoms with E-state index in [9.17, 15) is 14.7 Å². The van der Waals surface area contributed by atoms with E-state index in [-0.39, 0.29) is 17.3 Å². The minimum absolute atomic E-state index is 0.0612. The third kappa shape index (κ3) is 4.18. The molecule has 1 heterocycles. The van der Waals surface area contributed by atoms with Gasteiger partial charge in [0.1, 0.15) is 11.5 Å². The SMILES string of the molecule is COc1ccc(/C(O)=C2/C(=O)C(=O)N(c3cccc(Br)c3)C2c2ccccc2)cc1C(C)C. The lowest BCUT2D eigenvalue weighted by atomic mass is 9.93. The number of nitrogens with zero attached hydrogens (tertiary/aromatic N) is 1. The summed E-state index contributed by atoms with van der Waals surface area (Å²) in [5.74, 6) is -0.758. The van der Waals surface area contributed by atoms with E-state index in [4.69, 9.17) is 4.74 Å². The van der Waals surface area contributed by atoms with Crippen LogP contribution in [0.4, 0.5) is 5.69 Å². The number of Topliss-reactive ketones (excluding diaryl/α,β-unsaturated/α-hetero) is 1. The molecule has 1 saturated heterocycles. The van der Waals surface area contributed by atoms with Crippen molar-refractivity contribution in [1.29, 1.82) is 0 Å². The Morgan fingerprint density at radius 1 is 1.00 bits per heavy atom. The monoisotopic (exact) mass is 505 g/mol. The van der Waals surface area contributed by atoms with E-state index in [1.807, 2.05) is 56.3 Å². The Bertz CT molecular complexity index is 1250. The Kier molecular flexibility index (Phi) is 6.38. The maximum Gasteiger partial charge on any atom is 0.300 e. The molecule has 1 atom stereocenters. The fraction of sp³-hybridized carbons (Fsp3) is 0.185. The van der Waals surface area contributed by atoms with Crippen molar-refractivity contribution < 1.29 is 19.4 Å². The number of halogens is 1. The molecule has 3 aromatic rings. The van der Waals surface area contributed by atoms with E-state index in [1.54, 1.807) is 37.4 Å². The molecule has 1 amide bonds. The van der Waals surface area contributed by atoms with Crippen LogP contribution in [-0.2, 0) is 9.59 Å². The zero-order chi connectivity index (χ0) is 23.7. The molecular weight excluding hydrogens is 482 g/mol. The Labute approximate surface area is 201 Å². The van der Waals surface area contributed by atoms with Crippen LogP contribution < -0.4 is 9.64 Å². The van der Waals surface area contributed by atoms with Crippen LogP contribution >= 0.6 is 15.9 Å². The summed E-state index contributed by atoms with van der Waals surface area (Å²) in [6, 6.07) is 21.0. The number of rotatable bonds is 5. The van der Waals surface area contributed by atoms with Gasteiger partial charge in [-0.05, 0) is 53.4 Å². The molecule has 1 aliphatic rings. The number of methoxy groups -OCH3 is 1. The molecule has 6 heteroatoms. The van der Waals surface area contributed by atoms with Crippen LogP contribution in [0.3, 0.4) is 0 Å². The zero-order valence-corrected chi connectivity index (χ0v) is 20.2. The van der Waals surface area contributed by atoms with E-state index in [1.165, 1.54) is 4.90 Å². The van der Waals surface area contributed by atoms with Crippen LogP contribution in [0.5, 0.6) is 5.75 Å². The fourth-order valence-electron chi connectivity index (χ4n) is 4.16. The van der Waals surface area contributed by atoms with Gasteiger partial charge in [0.25, 0.3) is 11.7 Å². The quantitative estimate of drug-likeness (QED) is 0.254. The molecule has 0 aliphatic carbocycles. The predicted molar refractivity (Wildman–Crippen MR) is 132 cm³/mol. The van der Waals surface area contributed by atoms with Crippen molar-refractivity contribution in [3.05, 3.63) is 99.5 Å². The second-order valence-corrected chi connectivity index (χ2v) is 9.09. The fourth-order valence-corrected chi connectivity index (χ4v) is 4.55. The molecule has 0 bridgehead atoms. The summed E-state index contributed by atoms with van der Waals surface area (Å²) >= 11 is 3.44. The molecular formula is C27H24BrNO4. The first-order valence-electron chi connectivity index (χ1n) is 10.6. The minimum Gasteiger partial charge on any atom is -0.507 e. The van der Waals surface area contributed by atoms with Crippen molar-refractivity contribution >= 4 is 39.1 Å². The molecule has 3 aromatic carbocycles. The largest absolute Gasteiger partial charge is 0.507 e. The van der Waals surface area contributed by atoms with Gasteiger partial charge in [-0.15, -0.1) is 0 Å². The third-order valence-corrected chi connectivity index (χ3v) is 6.26. The standard InChI is InChI=1S/C27H24BrNO4/c1-16(2)21-14-18(12-13-22(21)33-3)25(30)23-24(17-8-5-4-6-9-17)29(27(32)26(23)31)20-11-7-10-19(28)15-20/h4-16,24,30H,1-3H3/b25-23-. The van der Waals surface area contributed by atoms with Crippen molar-refractivity contribution in [2.75, 3.05) is 12.0 Å². The highest BCUT2D eigenvalue weighted by atomic mass is 79.9. The maximum absolute atomic E-state index is 13.3. The average molecular weight is 506 g/mol. The first kappa shape index (κ1) is 22.8. The minimum atomic E-state index is -0.759. The van der Waals surface area contributed by atoms with E-state index >= 15 is 0 Å². The number of anilines is 1. The van der Waals surface area contributed by atoms with Crippen molar-refractivity contribution in [3.8, 4) is 5.75 Å². The molecule has 1 unspecified atom stereocenters. The van der Waals surface area contributed by atoms with Crippen molar-refractivity contribution in [2.24, 2.45) is 0 Å². The molecule has 1 N–H and O–H groups in total. The molecule has 0 saturated carbocycles. The van der Waals surface area contributed by atoms with E-state index < -0.39 is 17.7 Å². The number of carbonyl (C=O) groups excluding carboxylic acids is 2. The van der Waals surface area contributed by atoms with Gasteiger partial charge in [0, 0.05) is 15.7 Å². The second kappa shape index (κ2) is 9.24. The van der Waals surface area contributed by atoms with E-state index in [0.29, 0.717) is 17.0 Å². The van der Waals surface area contributed by atoms with Gasteiger partial charge in [-0.1, -0.05) is 66.2 Å². The predicted octanol–water partition coefficient (Wildman–Crippen LogP) is 6.21. The highest BCUT2D eigenvalue weighted by molar-refractivity contribution is 9.10.